The second-order valence-corrected chi connectivity index (χ2v) is 10.2. The first-order chi connectivity index (χ1) is 18.2. The molecule has 0 atom stereocenters. The van der Waals surface area contributed by atoms with Crippen molar-refractivity contribution in [2.75, 3.05) is 37.6 Å². The third-order valence-electron chi connectivity index (χ3n) is 7.23. The van der Waals surface area contributed by atoms with Crippen LogP contribution in [0.2, 0.25) is 0 Å². The van der Waals surface area contributed by atoms with E-state index in [0.717, 1.165) is 44.8 Å². The van der Waals surface area contributed by atoms with Gasteiger partial charge in [0.05, 0.1) is 23.2 Å². The summed E-state index contributed by atoms with van der Waals surface area (Å²) in [6.07, 6.45) is -0.343. The van der Waals surface area contributed by atoms with E-state index in [1.165, 1.54) is 11.1 Å². The lowest BCUT2D eigenvalue weighted by Crippen LogP contribution is -2.51. The molecule has 0 N–H and O–H groups in total. The third kappa shape index (κ3) is 4.78. The van der Waals surface area contributed by atoms with E-state index in [4.69, 9.17) is 4.42 Å². The van der Waals surface area contributed by atoms with Crippen LogP contribution in [-0.2, 0) is 16.8 Å². The van der Waals surface area contributed by atoms with Gasteiger partial charge in [-0.1, -0.05) is 13.0 Å². The molecule has 0 bridgehead atoms. The minimum absolute atomic E-state index is 0.0210. The summed E-state index contributed by atoms with van der Waals surface area (Å²) in [7, 11) is 0. The Morgan fingerprint density at radius 2 is 1.82 bits per heavy atom. The van der Waals surface area contributed by atoms with E-state index in [0.29, 0.717) is 22.4 Å². The summed E-state index contributed by atoms with van der Waals surface area (Å²) < 4.78 is 30.5. The highest BCUT2D eigenvalue weighted by molar-refractivity contribution is 6.13. The predicted molar refractivity (Wildman–Crippen MR) is 136 cm³/mol. The van der Waals surface area contributed by atoms with E-state index in [1.54, 1.807) is 12.1 Å². The quantitative estimate of drug-likeness (QED) is 0.427. The maximum atomic E-state index is 13.6. The highest BCUT2D eigenvalue weighted by Crippen LogP contribution is 2.37. The van der Waals surface area contributed by atoms with Crippen LogP contribution in [0.3, 0.4) is 0 Å². The number of alkyl halides is 2. The maximum Gasteiger partial charge on any atom is 0.314 e. The van der Waals surface area contributed by atoms with E-state index in [2.05, 4.69) is 31.9 Å². The Morgan fingerprint density at radius 3 is 2.45 bits per heavy atom. The predicted octanol–water partition coefficient (Wildman–Crippen LogP) is 4.06. The van der Waals surface area contributed by atoms with Crippen LogP contribution in [0.4, 0.5) is 14.5 Å². The molecule has 200 valence electrons. The molecule has 1 saturated heterocycles. The Hall–Kier alpha value is -3.73. The van der Waals surface area contributed by atoms with Crippen molar-refractivity contribution in [1.82, 2.24) is 25.0 Å². The summed E-state index contributed by atoms with van der Waals surface area (Å²) in [6, 6.07) is 9.00. The fourth-order valence-corrected chi connectivity index (χ4v) is 5.08. The van der Waals surface area contributed by atoms with Crippen LogP contribution in [0.15, 0.2) is 40.9 Å². The smallest absolute Gasteiger partial charge is 0.314 e. The van der Waals surface area contributed by atoms with Crippen molar-refractivity contribution in [3.8, 4) is 11.5 Å². The minimum atomic E-state index is -2.86. The lowest BCUT2D eigenvalue weighted by Gasteiger charge is -2.39. The number of carbonyl (C=O) groups excluding carboxylic acids is 2. The number of fused-ring (bicyclic) bond motifs is 1. The molecule has 5 rings (SSSR count). The molecule has 9 nitrogen and oxygen atoms in total. The van der Waals surface area contributed by atoms with Crippen LogP contribution in [0, 0.1) is 0 Å². The number of hydrogen-bond donors (Lipinski definition) is 0. The number of amides is 2. The van der Waals surface area contributed by atoms with Gasteiger partial charge >= 0.3 is 6.43 Å². The number of halogens is 2. The zero-order chi connectivity index (χ0) is 27.0. The molecule has 0 saturated carbocycles. The van der Waals surface area contributed by atoms with Gasteiger partial charge in [-0.3, -0.25) is 24.4 Å². The van der Waals surface area contributed by atoms with E-state index in [-0.39, 0.29) is 24.2 Å². The van der Waals surface area contributed by atoms with Gasteiger partial charge in [-0.2, -0.15) is 8.78 Å². The number of anilines is 1. The topological polar surface area (TPSA) is 95.7 Å². The van der Waals surface area contributed by atoms with Crippen LogP contribution in [0.25, 0.3) is 11.5 Å². The van der Waals surface area contributed by atoms with Gasteiger partial charge in [0.15, 0.2) is 0 Å². The lowest BCUT2D eigenvalue weighted by molar-refractivity contribution is -0.134. The van der Waals surface area contributed by atoms with Gasteiger partial charge in [0.2, 0.25) is 11.8 Å². The van der Waals surface area contributed by atoms with Gasteiger partial charge in [0, 0.05) is 43.6 Å². The summed E-state index contributed by atoms with van der Waals surface area (Å²) >= 11 is 0. The Kier molecular flexibility index (Phi) is 6.95. The van der Waals surface area contributed by atoms with Crippen LogP contribution in [0.5, 0.6) is 0 Å². The number of imide groups is 1. The van der Waals surface area contributed by atoms with Crippen molar-refractivity contribution in [2.24, 2.45) is 0 Å². The molecule has 3 aromatic rings. The number of benzene rings is 1. The van der Waals surface area contributed by atoms with Crippen LogP contribution in [-0.4, -0.2) is 69.5 Å². The Labute approximate surface area is 219 Å². The minimum Gasteiger partial charge on any atom is -0.415 e. The fourth-order valence-electron chi connectivity index (χ4n) is 5.08. The first kappa shape index (κ1) is 25.9. The number of pyridine rings is 1. The number of aromatic nitrogens is 3. The molecule has 1 fully saturated rings. The number of carbonyl (C=O) groups is 2. The van der Waals surface area contributed by atoms with E-state index < -0.39 is 17.7 Å². The molecule has 2 amide bonds. The summed E-state index contributed by atoms with van der Waals surface area (Å²) in [5.74, 6) is -1.51. The Bertz CT molecular complexity index is 1330. The number of piperazine rings is 1. The van der Waals surface area contributed by atoms with Gasteiger partial charge in [0.25, 0.3) is 11.8 Å². The molecule has 2 aliphatic rings. The molecule has 0 spiro atoms. The van der Waals surface area contributed by atoms with Gasteiger partial charge in [-0.25, -0.2) is 0 Å². The van der Waals surface area contributed by atoms with Crippen molar-refractivity contribution < 1.29 is 22.8 Å². The van der Waals surface area contributed by atoms with Crippen molar-refractivity contribution in [3.05, 3.63) is 59.2 Å². The molecular weight excluding hydrogens is 494 g/mol. The number of rotatable bonds is 7. The molecule has 0 radical (unpaired) electrons. The number of hydrogen-bond acceptors (Lipinski definition) is 8. The van der Waals surface area contributed by atoms with Crippen molar-refractivity contribution in [2.45, 2.75) is 45.6 Å². The standard InChI is InChI=1S/C27H30F2N6O3/c1-4-9-33-10-12-34(13-11-33)19-7-8-21-20(14-19)25(36)35(26(37)27(21,2)3)16-18-6-5-17(15-30-18)23-31-32-24(38-23)22(28)29/h5-8,14-15,22H,4,9-13,16H2,1-3H3. The second kappa shape index (κ2) is 10.2. The zero-order valence-electron chi connectivity index (χ0n) is 21.7. The van der Waals surface area contributed by atoms with Crippen LogP contribution in [0.1, 0.15) is 61.1 Å². The molecule has 0 unspecified atom stereocenters. The average molecular weight is 525 g/mol. The molecule has 0 aliphatic carbocycles. The van der Waals surface area contributed by atoms with Gasteiger partial charge < -0.3 is 9.32 Å². The largest absolute Gasteiger partial charge is 0.415 e. The molecule has 11 heteroatoms. The second-order valence-electron chi connectivity index (χ2n) is 10.2. The summed E-state index contributed by atoms with van der Waals surface area (Å²) in [5.41, 5.74) is 2.14. The summed E-state index contributed by atoms with van der Waals surface area (Å²) in [5, 5.41) is 6.94. The van der Waals surface area contributed by atoms with Gasteiger partial charge in [-0.15, -0.1) is 10.2 Å². The van der Waals surface area contributed by atoms with Crippen molar-refractivity contribution in [1.29, 1.82) is 0 Å². The molecule has 4 heterocycles. The SMILES string of the molecule is CCCN1CCN(c2ccc3c(c2)C(=O)N(Cc2ccc(-c4nnc(C(F)F)o4)cn2)C(=O)C3(C)C)CC1. The van der Waals surface area contributed by atoms with E-state index in [9.17, 15) is 18.4 Å². The normalized spacial score (nSPS) is 17.8. The van der Waals surface area contributed by atoms with Crippen LogP contribution < -0.4 is 4.90 Å². The Balaban J connectivity index is 1.36. The van der Waals surface area contributed by atoms with E-state index in [1.807, 2.05) is 32.0 Å². The first-order valence-corrected chi connectivity index (χ1v) is 12.7. The number of nitrogens with zero attached hydrogens (tertiary/aromatic N) is 6. The summed E-state index contributed by atoms with van der Waals surface area (Å²) in [4.78, 5) is 37.3. The molecule has 2 aromatic heterocycles. The van der Waals surface area contributed by atoms with Crippen LogP contribution >= 0.6 is 0 Å². The fraction of sp³-hybridized carbons (Fsp3) is 0.444. The first-order valence-electron chi connectivity index (χ1n) is 12.7. The monoisotopic (exact) mass is 524 g/mol. The molecule has 38 heavy (non-hydrogen) atoms. The maximum absolute atomic E-state index is 13.6. The van der Waals surface area contributed by atoms with Crippen molar-refractivity contribution >= 4 is 17.5 Å². The van der Waals surface area contributed by atoms with Crippen molar-refractivity contribution in [3.63, 3.8) is 0 Å². The average Bonchev–Trinajstić information content (AvgIpc) is 3.42. The van der Waals surface area contributed by atoms with Gasteiger partial charge in [-0.05, 0) is 56.6 Å². The summed E-state index contributed by atoms with van der Waals surface area (Å²) in [6.45, 7) is 10.6. The Morgan fingerprint density at radius 1 is 1.05 bits per heavy atom. The lowest BCUT2D eigenvalue weighted by atomic mass is 9.77. The molecule has 1 aromatic carbocycles. The highest BCUT2D eigenvalue weighted by Gasteiger charge is 2.44. The molecule has 2 aliphatic heterocycles. The third-order valence-corrected chi connectivity index (χ3v) is 7.23. The van der Waals surface area contributed by atoms with Gasteiger partial charge in [0.1, 0.15) is 0 Å². The molecular formula is C27H30F2N6O3. The zero-order valence-corrected chi connectivity index (χ0v) is 21.7. The van der Waals surface area contributed by atoms with E-state index >= 15 is 0 Å². The highest BCUT2D eigenvalue weighted by atomic mass is 19.3.